The van der Waals surface area contributed by atoms with E-state index in [0.717, 1.165) is 0 Å². The number of esters is 1. The van der Waals surface area contributed by atoms with Crippen LogP contribution in [0.4, 0.5) is 0 Å². The Morgan fingerprint density at radius 3 is 2.94 bits per heavy atom. The monoisotopic (exact) mass is 220 g/mol. The zero-order chi connectivity index (χ0) is 11.5. The van der Waals surface area contributed by atoms with Gasteiger partial charge in [0, 0.05) is 0 Å². The number of oxime groups is 1. The summed E-state index contributed by atoms with van der Waals surface area (Å²) in [5.74, 6) is -0.776. The van der Waals surface area contributed by atoms with Crippen molar-refractivity contribution in [2.24, 2.45) is 5.16 Å². The summed E-state index contributed by atoms with van der Waals surface area (Å²) in [5, 5.41) is 15.9. The second kappa shape index (κ2) is 4.01. The molecular formula is C10H8N2O4. The maximum atomic E-state index is 11.3. The molecule has 0 aliphatic carbocycles. The molecule has 2 rings (SSSR count). The number of carbonyl (C=O) groups is 1. The summed E-state index contributed by atoms with van der Waals surface area (Å²) in [4.78, 5) is 11.3. The lowest BCUT2D eigenvalue weighted by Crippen LogP contribution is -2.17. The standard InChI is InChI=1S/C10H8N2O4/c1-15-10(13)9(11-14)8-6-4-2-3-5-7(6)16-12-8/h2-5,14H,1H3/b11-9+. The number of fused-ring (bicyclic) bond motifs is 1. The predicted molar refractivity (Wildman–Crippen MR) is 54.3 cm³/mol. The lowest BCUT2D eigenvalue weighted by molar-refractivity contribution is -0.132. The van der Waals surface area contributed by atoms with E-state index in [1.807, 2.05) is 0 Å². The summed E-state index contributed by atoms with van der Waals surface area (Å²) in [6.07, 6.45) is 0. The van der Waals surface area contributed by atoms with Crippen LogP contribution in [0.1, 0.15) is 5.69 Å². The Morgan fingerprint density at radius 1 is 1.50 bits per heavy atom. The molecule has 16 heavy (non-hydrogen) atoms. The number of rotatable bonds is 2. The highest BCUT2D eigenvalue weighted by molar-refractivity contribution is 6.44. The van der Waals surface area contributed by atoms with Gasteiger partial charge in [-0.3, -0.25) is 0 Å². The molecule has 0 aliphatic rings. The first kappa shape index (κ1) is 10.2. The number of para-hydroxylation sites is 1. The molecule has 0 spiro atoms. The molecule has 0 saturated heterocycles. The number of hydrogen-bond donors (Lipinski definition) is 1. The number of carbonyl (C=O) groups excluding carboxylic acids is 1. The van der Waals surface area contributed by atoms with Gasteiger partial charge in [0.2, 0.25) is 5.71 Å². The molecular weight excluding hydrogens is 212 g/mol. The number of aromatic nitrogens is 1. The number of nitrogens with zero attached hydrogens (tertiary/aromatic N) is 2. The van der Waals surface area contributed by atoms with E-state index in [1.165, 1.54) is 7.11 Å². The second-order valence-electron chi connectivity index (χ2n) is 2.97. The normalized spacial score (nSPS) is 11.7. The first-order valence-electron chi connectivity index (χ1n) is 4.43. The summed E-state index contributed by atoms with van der Waals surface area (Å²) in [5.41, 5.74) is 0.375. The number of ether oxygens (including phenoxy) is 1. The number of benzene rings is 1. The van der Waals surface area contributed by atoms with Crippen molar-refractivity contribution in [2.75, 3.05) is 7.11 Å². The largest absolute Gasteiger partial charge is 0.464 e. The zero-order valence-corrected chi connectivity index (χ0v) is 8.38. The average Bonchev–Trinajstić information content (AvgIpc) is 2.74. The SMILES string of the molecule is COC(=O)/C(=N/O)c1noc2ccccc12. The summed E-state index contributed by atoms with van der Waals surface area (Å²) in [6, 6.07) is 6.92. The van der Waals surface area contributed by atoms with Crippen molar-refractivity contribution in [3.8, 4) is 0 Å². The van der Waals surface area contributed by atoms with Crippen LogP contribution in [0.2, 0.25) is 0 Å². The quantitative estimate of drug-likeness (QED) is 0.355. The van der Waals surface area contributed by atoms with Crippen LogP contribution in [0.3, 0.4) is 0 Å². The van der Waals surface area contributed by atoms with Gasteiger partial charge in [-0.15, -0.1) is 0 Å². The van der Waals surface area contributed by atoms with E-state index in [4.69, 9.17) is 9.73 Å². The number of methoxy groups -OCH3 is 1. The van der Waals surface area contributed by atoms with Gasteiger partial charge in [-0.2, -0.15) is 0 Å². The van der Waals surface area contributed by atoms with Gasteiger partial charge in [0.15, 0.2) is 11.3 Å². The fraction of sp³-hybridized carbons (Fsp3) is 0.100. The molecule has 1 aromatic carbocycles. The molecule has 0 amide bonds. The molecule has 6 nitrogen and oxygen atoms in total. The molecule has 82 valence electrons. The van der Waals surface area contributed by atoms with Crippen LogP contribution in [0, 0.1) is 0 Å². The van der Waals surface area contributed by atoms with Gasteiger partial charge in [0.1, 0.15) is 0 Å². The van der Waals surface area contributed by atoms with Crippen molar-refractivity contribution < 1.29 is 19.3 Å². The Bertz CT molecular complexity index is 559. The topological polar surface area (TPSA) is 84.9 Å². The second-order valence-corrected chi connectivity index (χ2v) is 2.97. The third-order valence-corrected chi connectivity index (χ3v) is 2.08. The Kier molecular flexibility index (Phi) is 2.55. The van der Waals surface area contributed by atoms with E-state index in [9.17, 15) is 4.79 Å². The fourth-order valence-corrected chi connectivity index (χ4v) is 1.34. The maximum absolute atomic E-state index is 11.3. The van der Waals surface area contributed by atoms with E-state index < -0.39 is 5.97 Å². The van der Waals surface area contributed by atoms with Crippen molar-refractivity contribution in [3.05, 3.63) is 30.0 Å². The van der Waals surface area contributed by atoms with E-state index in [-0.39, 0.29) is 11.4 Å². The molecule has 2 aromatic rings. The summed E-state index contributed by atoms with van der Waals surface area (Å²) >= 11 is 0. The molecule has 0 aliphatic heterocycles. The van der Waals surface area contributed by atoms with Gasteiger partial charge < -0.3 is 14.5 Å². The van der Waals surface area contributed by atoms with Crippen LogP contribution < -0.4 is 0 Å². The molecule has 0 radical (unpaired) electrons. The van der Waals surface area contributed by atoms with Crippen LogP contribution in [-0.2, 0) is 9.53 Å². The van der Waals surface area contributed by atoms with Crippen molar-refractivity contribution in [1.29, 1.82) is 0 Å². The van der Waals surface area contributed by atoms with Crippen LogP contribution >= 0.6 is 0 Å². The minimum atomic E-state index is -0.776. The van der Waals surface area contributed by atoms with Gasteiger partial charge in [-0.05, 0) is 12.1 Å². The zero-order valence-electron chi connectivity index (χ0n) is 8.38. The lowest BCUT2D eigenvalue weighted by Gasteiger charge is -1.97. The molecule has 1 N–H and O–H groups in total. The lowest BCUT2D eigenvalue weighted by atomic mass is 10.1. The Labute approximate surface area is 90.1 Å². The summed E-state index contributed by atoms with van der Waals surface area (Å²) in [6.45, 7) is 0. The van der Waals surface area contributed by atoms with Gasteiger partial charge in [0.25, 0.3) is 0 Å². The van der Waals surface area contributed by atoms with Crippen molar-refractivity contribution in [2.45, 2.75) is 0 Å². The number of hydrogen-bond acceptors (Lipinski definition) is 6. The highest BCUT2D eigenvalue weighted by Gasteiger charge is 2.22. The third-order valence-electron chi connectivity index (χ3n) is 2.08. The average molecular weight is 220 g/mol. The molecule has 1 heterocycles. The van der Waals surface area contributed by atoms with Gasteiger partial charge in [0.05, 0.1) is 12.5 Å². The smallest absolute Gasteiger partial charge is 0.362 e. The Hall–Kier alpha value is -2.37. The first-order chi connectivity index (χ1) is 7.77. The molecule has 0 saturated carbocycles. The molecule has 0 bridgehead atoms. The molecule has 1 aromatic heterocycles. The minimum Gasteiger partial charge on any atom is -0.464 e. The maximum Gasteiger partial charge on any atom is 0.362 e. The van der Waals surface area contributed by atoms with Crippen LogP contribution in [0.15, 0.2) is 33.9 Å². The van der Waals surface area contributed by atoms with E-state index in [0.29, 0.717) is 11.0 Å². The van der Waals surface area contributed by atoms with Gasteiger partial charge in [-0.1, -0.05) is 22.4 Å². The van der Waals surface area contributed by atoms with Gasteiger partial charge in [-0.25, -0.2) is 4.79 Å². The molecule has 0 fully saturated rings. The Balaban J connectivity index is 2.59. The summed E-state index contributed by atoms with van der Waals surface area (Å²) < 4.78 is 9.44. The van der Waals surface area contributed by atoms with Crippen molar-refractivity contribution in [3.63, 3.8) is 0 Å². The Morgan fingerprint density at radius 2 is 2.25 bits per heavy atom. The van der Waals surface area contributed by atoms with Crippen LogP contribution in [0.25, 0.3) is 11.0 Å². The highest BCUT2D eigenvalue weighted by atomic mass is 16.5. The van der Waals surface area contributed by atoms with Crippen molar-refractivity contribution >= 4 is 22.7 Å². The van der Waals surface area contributed by atoms with Crippen LogP contribution in [0.5, 0.6) is 0 Å². The molecule has 6 heteroatoms. The van der Waals surface area contributed by atoms with Crippen LogP contribution in [-0.4, -0.2) is 29.2 Å². The van der Waals surface area contributed by atoms with Crippen molar-refractivity contribution in [1.82, 2.24) is 5.16 Å². The fourth-order valence-electron chi connectivity index (χ4n) is 1.34. The van der Waals surface area contributed by atoms with E-state index in [1.54, 1.807) is 24.3 Å². The minimum absolute atomic E-state index is 0.157. The highest BCUT2D eigenvalue weighted by Crippen LogP contribution is 2.18. The molecule has 0 atom stereocenters. The molecule has 0 unspecified atom stereocenters. The first-order valence-corrected chi connectivity index (χ1v) is 4.43. The third kappa shape index (κ3) is 1.50. The van der Waals surface area contributed by atoms with E-state index >= 15 is 0 Å². The van der Waals surface area contributed by atoms with Gasteiger partial charge >= 0.3 is 5.97 Å². The summed E-state index contributed by atoms with van der Waals surface area (Å²) in [7, 11) is 1.19. The van der Waals surface area contributed by atoms with E-state index in [2.05, 4.69) is 15.0 Å². The predicted octanol–water partition coefficient (Wildman–Crippen LogP) is 1.18.